The third-order valence-electron chi connectivity index (χ3n) is 3.67. The van der Waals surface area contributed by atoms with E-state index in [1.54, 1.807) is 0 Å². The van der Waals surface area contributed by atoms with E-state index in [2.05, 4.69) is 33.0 Å². The number of nitro benzene ring substituents is 1. The molecular formula is C14H22N2O4S. The lowest BCUT2D eigenvalue weighted by Crippen LogP contribution is -2.25. The van der Waals surface area contributed by atoms with Crippen LogP contribution >= 0.6 is 0 Å². The van der Waals surface area contributed by atoms with Crippen LogP contribution in [0.3, 0.4) is 0 Å². The summed E-state index contributed by atoms with van der Waals surface area (Å²) in [5.74, 6) is 0.298. The Balaban J connectivity index is 3.06. The highest BCUT2D eigenvalue weighted by molar-refractivity contribution is 7.90. The molecule has 0 aliphatic carbocycles. The number of rotatable bonds is 5. The molecule has 6 nitrogen and oxygen atoms in total. The number of hydrogen-bond acceptors (Lipinski definition) is 5. The molecule has 0 amide bonds. The molecule has 1 rings (SSSR count). The number of nitrogens with zero attached hydrogens (tertiary/aromatic N) is 1. The van der Waals surface area contributed by atoms with Crippen LogP contribution in [0.25, 0.3) is 0 Å². The third kappa shape index (κ3) is 4.70. The summed E-state index contributed by atoms with van der Waals surface area (Å²) in [6, 6.07) is 3.93. The molecule has 0 heterocycles. The Labute approximate surface area is 125 Å². The van der Waals surface area contributed by atoms with E-state index in [-0.39, 0.29) is 16.0 Å². The molecule has 0 aliphatic rings. The molecule has 0 bridgehead atoms. The summed E-state index contributed by atoms with van der Waals surface area (Å²) in [4.78, 5) is 10.5. The molecular weight excluding hydrogens is 292 g/mol. The van der Waals surface area contributed by atoms with Crippen molar-refractivity contribution >= 4 is 21.2 Å². The topological polar surface area (TPSA) is 89.3 Å². The van der Waals surface area contributed by atoms with Gasteiger partial charge >= 0.3 is 0 Å². The molecule has 1 N–H and O–H groups in total. The Bertz CT molecular complexity index is 633. The summed E-state index contributed by atoms with van der Waals surface area (Å²) in [5, 5.41) is 14.2. The molecule has 21 heavy (non-hydrogen) atoms. The van der Waals surface area contributed by atoms with Gasteiger partial charge in [0.15, 0.2) is 9.84 Å². The Morgan fingerprint density at radius 2 is 1.90 bits per heavy atom. The zero-order valence-corrected chi connectivity index (χ0v) is 13.8. The molecule has 1 aromatic rings. The van der Waals surface area contributed by atoms with Crippen molar-refractivity contribution in [3.05, 3.63) is 28.3 Å². The molecule has 0 spiro atoms. The maximum Gasteiger partial charge on any atom is 0.293 e. The predicted molar refractivity (Wildman–Crippen MR) is 83.3 cm³/mol. The van der Waals surface area contributed by atoms with Crippen LogP contribution in [0.2, 0.25) is 0 Å². The SMILES string of the molecule is CC(CNc1ccc(S(C)(=O)=O)cc1[N+](=O)[O-])C(C)(C)C. The largest absolute Gasteiger partial charge is 0.379 e. The number of hydrogen-bond donors (Lipinski definition) is 1. The molecule has 1 atom stereocenters. The summed E-state index contributed by atoms with van der Waals surface area (Å²) >= 11 is 0. The van der Waals surface area contributed by atoms with E-state index in [1.807, 2.05) is 0 Å². The minimum atomic E-state index is -3.46. The van der Waals surface area contributed by atoms with Gasteiger partial charge in [0, 0.05) is 18.9 Å². The number of nitro groups is 1. The van der Waals surface area contributed by atoms with Crippen LogP contribution in [0.5, 0.6) is 0 Å². The van der Waals surface area contributed by atoms with Crippen molar-refractivity contribution in [3.63, 3.8) is 0 Å². The monoisotopic (exact) mass is 314 g/mol. The lowest BCUT2D eigenvalue weighted by atomic mass is 9.82. The van der Waals surface area contributed by atoms with Crippen molar-refractivity contribution in [1.82, 2.24) is 0 Å². The van der Waals surface area contributed by atoms with E-state index >= 15 is 0 Å². The summed E-state index contributed by atoms with van der Waals surface area (Å²) in [6.45, 7) is 8.92. The number of anilines is 1. The zero-order chi connectivity index (χ0) is 16.4. The molecule has 0 aromatic heterocycles. The fourth-order valence-corrected chi connectivity index (χ4v) is 2.25. The average Bonchev–Trinajstić information content (AvgIpc) is 2.33. The van der Waals surface area contributed by atoms with Gasteiger partial charge in [-0.3, -0.25) is 10.1 Å². The van der Waals surface area contributed by atoms with Gasteiger partial charge in [-0.1, -0.05) is 27.7 Å². The van der Waals surface area contributed by atoms with E-state index < -0.39 is 14.8 Å². The smallest absolute Gasteiger partial charge is 0.293 e. The Hall–Kier alpha value is -1.63. The van der Waals surface area contributed by atoms with Crippen molar-refractivity contribution in [2.24, 2.45) is 11.3 Å². The van der Waals surface area contributed by atoms with Crippen molar-refractivity contribution < 1.29 is 13.3 Å². The van der Waals surface area contributed by atoms with Crippen molar-refractivity contribution in [2.75, 3.05) is 18.1 Å². The fraction of sp³-hybridized carbons (Fsp3) is 0.571. The van der Waals surface area contributed by atoms with Crippen molar-refractivity contribution in [2.45, 2.75) is 32.6 Å². The Morgan fingerprint density at radius 1 is 1.33 bits per heavy atom. The molecule has 0 saturated carbocycles. The minimum absolute atomic E-state index is 0.0522. The highest BCUT2D eigenvalue weighted by Gasteiger charge is 2.22. The minimum Gasteiger partial charge on any atom is -0.379 e. The predicted octanol–water partition coefficient (Wildman–Crippen LogP) is 3.09. The Kier molecular flexibility index (Phi) is 4.99. The first-order valence-electron chi connectivity index (χ1n) is 6.65. The van der Waals surface area contributed by atoms with Crippen LogP contribution in [0, 0.1) is 21.4 Å². The van der Waals surface area contributed by atoms with Gasteiger partial charge in [-0.05, 0) is 23.5 Å². The van der Waals surface area contributed by atoms with Crippen LogP contribution in [0.4, 0.5) is 11.4 Å². The maximum absolute atomic E-state index is 11.5. The second kappa shape index (κ2) is 6.01. The second-order valence-corrected chi connectivity index (χ2v) is 8.37. The summed E-state index contributed by atoms with van der Waals surface area (Å²) in [5.41, 5.74) is 0.191. The van der Waals surface area contributed by atoms with E-state index in [1.165, 1.54) is 12.1 Å². The van der Waals surface area contributed by atoms with Gasteiger partial charge < -0.3 is 5.32 Å². The molecule has 0 aliphatic heterocycles. The average molecular weight is 314 g/mol. The lowest BCUT2D eigenvalue weighted by Gasteiger charge is -2.27. The molecule has 7 heteroatoms. The molecule has 0 radical (unpaired) electrons. The van der Waals surface area contributed by atoms with E-state index in [0.29, 0.717) is 18.2 Å². The quantitative estimate of drug-likeness (QED) is 0.666. The zero-order valence-electron chi connectivity index (χ0n) is 13.0. The van der Waals surface area contributed by atoms with E-state index in [4.69, 9.17) is 0 Å². The second-order valence-electron chi connectivity index (χ2n) is 6.36. The van der Waals surface area contributed by atoms with Crippen molar-refractivity contribution in [3.8, 4) is 0 Å². The highest BCUT2D eigenvalue weighted by atomic mass is 32.2. The molecule has 1 unspecified atom stereocenters. The molecule has 118 valence electrons. The molecule has 0 fully saturated rings. The van der Waals surface area contributed by atoms with Crippen LogP contribution in [0.15, 0.2) is 23.1 Å². The normalized spacial score (nSPS) is 13.8. The van der Waals surface area contributed by atoms with Gasteiger partial charge in [0.1, 0.15) is 5.69 Å². The number of sulfone groups is 1. The lowest BCUT2D eigenvalue weighted by molar-refractivity contribution is -0.384. The van der Waals surface area contributed by atoms with Gasteiger partial charge in [0.25, 0.3) is 5.69 Å². The fourth-order valence-electron chi connectivity index (χ4n) is 1.61. The van der Waals surface area contributed by atoms with E-state index in [9.17, 15) is 18.5 Å². The molecule has 0 saturated heterocycles. The van der Waals surface area contributed by atoms with Gasteiger partial charge in [-0.15, -0.1) is 0 Å². The number of benzene rings is 1. The maximum atomic E-state index is 11.5. The van der Waals surface area contributed by atoms with Crippen molar-refractivity contribution in [1.29, 1.82) is 0 Å². The van der Waals surface area contributed by atoms with Crippen LogP contribution < -0.4 is 5.32 Å². The van der Waals surface area contributed by atoms with Gasteiger partial charge in [-0.2, -0.15) is 0 Å². The molecule has 1 aromatic carbocycles. The summed E-state index contributed by atoms with van der Waals surface area (Å²) in [6.07, 6.45) is 1.03. The summed E-state index contributed by atoms with van der Waals surface area (Å²) in [7, 11) is -3.46. The summed E-state index contributed by atoms with van der Waals surface area (Å²) < 4.78 is 22.9. The standard InChI is InChI=1S/C14H22N2O4S/c1-10(14(2,3)4)9-15-12-7-6-11(21(5,19)20)8-13(12)16(17)18/h6-8,10,15H,9H2,1-5H3. The van der Waals surface area contributed by atoms with Gasteiger partial charge in [-0.25, -0.2) is 8.42 Å². The van der Waals surface area contributed by atoms with E-state index in [0.717, 1.165) is 12.3 Å². The first-order chi connectivity index (χ1) is 9.43. The first kappa shape index (κ1) is 17.4. The van der Waals surface area contributed by atoms with Crippen LogP contribution in [-0.4, -0.2) is 26.1 Å². The first-order valence-corrected chi connectivity index (χ1v) is 8.54. The van der Waals surface area contributed by atoms with Crippen LogP contribution in [0.1, 0.15) is 27.7 Å². The van der Waals surface area contributed by atoms with Gasteiger partial charge in [0.2, 0.25) is 0 Å². The third-order valence-corrected chi connectivity index (χ3v) is 4.78. The van der Waals surface area contributed by atoms with Crippen LogP contribution in [-0.2, 0) is 9.84 Å². The number of nitrogens with one attached hydrogen (secondary N) is 1. The van der Waals surface area contributed by atoms with Gasteiger partial charge in [0.05, 0.1) is 9.82 Å². The highest BCUT2D eigenvalue weighted by Crippen LogP contribution is 2.30. The Morgan fingerprint density at radius 3 is 2.33 bits per heavy atom.